The zero-order valence-corrected chi connectivity index (χ0v) is 14.7. The Kier molecular flexibility index (Phi) is 4.76. The van der Waals surface area contributed by atoms with Gasteiger partial charge in [0.15, 0.2) is 0 Å². The predicted molar refractivity (Wildman–Crippen MR) is 90.6 cm³/mol. The van der Waals surface area contributed by atoms with E-state index in [1.165, 1.54) is 6.08 Å². The van der Waals surface area contributed by atoms with Gasteiger partial charge in [-0.05, 0) is 31.8 Å². The van der Waals surface area contributed by atoms with E-state index in [1.54, 1.807) is 0 Å². The van der Waals surface area contributed by atoms with Crippen LogP contribution >= 0.6 is 0 Å². The van der Waals surface area contributed by atoms with Crippen LogP contribution < -0.4 is 4.74 Å². The molecule has 0 amide bonds. The van der Waals surface area contributed by atoms with Gasteiger partial charge in [0.2, 0.25) is 0 Å². The van der Waals surface area contributed by atoms with Crippen molar-refractivity contribution in [3.8, 4) is 5.75 Å². The lowest BCUT2D eigenvalue weighted by Crippen LogP contribution is -2.24. The Balaban J connectivity index is 2.78. The van der Waals surface area contributed by atoms with Gasteiger partial charge in [0.25, 0.3) is 0 Å². The number of allylic oxidation sites excluding steroid dienone is 2. The Morgan fingerprint density at radius 1 is 1.35 bits per heavy atom. The highest BCUT2D eigenvalue weighted by Crippen LogP contribution is 2.48. The van der Waals surface area contributed by atoms with E-state index in [4.69, 9.17) is 4.74 Å². The molecule has 1 aromatic heterocycles. The molecular formula is C19H24FNO2. The molecule has 3 nitrogen and oxygen atoms in total. The molecule has 0 N–H and O–H groups in total. The van der Waals surface area contributed by atoms with Crippen LogP contribution in [0.4, 0.5) is 4.39 Å². The third kappa shape index (κ3) is 3.09. The number of halogens is 1. The predicted octanol–water partition coefficient (Wildman–Crippen LogP) is 4.69. The van der Waals surface area contributed by atoms with Gasteiger partial charge in [0.1, 0.15) is 23.2 Å². The molecule has 23 heavy (non-hydrogen) atoms. The van der Waals surface area contributed by atoms with Crippen LogP contribution in [0, 0.1) is 25.2 Å². The molecule has 4 heteroatoms. The molecule has 0 saturated carbocycles. The fourth-order valence-corrected chi connectivity index (χ4v) is 2.84. The van der Waals surface area contributed by atoms with Gasteiger partial charge in [0.05, 0.1) is 17.7 Å². The first-order valence-corrected chi connectivity index (χ1v) is 7.99. The van der Waals surface area contributed by atoms with Gasteiger partial charge in [0, 0.05) is 17.2 Å². The highest BCUT2D eigenvalue weighted by molar-refractivity contribution is 5.98. The number of hydrogen-bond donors (Lipinski definition) is 0. The van der Waals surface area contributed by atoms with Gasteiger partial charge >= 0.3 is 0 Å². The molecule has 0 aromatic carbocycles. The second-order valence-electron chi connectivity index (χ2n) is 7.10. The second kappa shape index (κ2) is 6.29. The van der Waals surface area contributed by atoms with Crippen LogP contribution in [0.5, 0.6) is 5.75 Å². The van der Waals surface area contributed by atoms with Crippen LogP contribution in [0.25, 0.3) is 11.4 Å². The first kappa shape index (κ1) is 17.4. The van der Waals surface area contributed by atoms with Crippen molar-refractivity contribution < 1.29 is 13.9 Å². The molecule has 1 atom stereocenters. The minimum Gasteiger partial charge on any atom is -0.493 e. The van der Waals surface area contributed by atoms with Crippen LogP contribution in [0.3, 0.4) is 0 Å². The molecule has 2 rings (SSSR count). The van der Waals surface area contributed by atoms with E-state index in [-0.39, 0.29) is 17.0 Å². The minimum atomic E-state index is -0.400. The third-order valence-electron chi connectivity index (χ3n) is 4.24. The Morgan fingerprint density at radius 3 is 2.52 bits per heavy atom. The van der Waals surface area contributed by atoms with Gasteiger partial charge in [-0.15, -0.1) is 0 Å². The van der Waals surface area contributed by atoms with Crippen molar-refractivity contribution in [2.75, 3.05) is 6.61 Å². The average molecular weight is 317 g/mol. The van der Waals surface area contributed by atoms with E-state index >= 15 is 0 Å². The number of rotatable bonds is 3. The summed E-state index contributed by atoms with van der Waals surface area (Å²) in [5.74, 6) is 1.84. The molecule has 0 fully saturated rings. The fraction of sp³-hybridized carbons (Fsp3) is 0.526. The first-order valence-electron chi connectivity index (χ1n) is 7.99. The summed E-state index contributed by atoms with van der Waals surface area (Å²) in [4.78, 5) is 16.1. The molecule has 1 heterocycles. The zero-order valence-electron chi connectivity index (χ0n) is 14.7. The van der Waals surface area contributed by atoms with Crippen LogP contribution in [-0.4, -0.2) is 17.5 Å². The molecule has 0 spiro atoms. The zero-order chi connectivity index (χ0) is 17.4. The standard InChI is InChI=1S/C19H24FNO2/c1-7-8-23-18-11(2)12(3)21-17-15(20)9-14(19(4,5)6)13(10-22)16(17)18/h9,14H,7-8H2,1-6H3. The number of ether oxygens (including phenoxy) is 1. The normalized spacial score (nSPS) is 17.4. The van der Waals surface area contributed by atoms with E-state index in [0.717, 1.165) is 12.0 Å². The summed E-state index contributed by atoms with van der Waals surface area (Å²) in [6.07, 6.45) is 2.31. The van der Waals surface area contributed by atoms with Crippen molar-refractivity contribution in [1.82, 2.24) is 4.98 Å². The number of pyridine rings is 1. The van der Waals surface area contributed by atoms with Crippen molar-refractivity contribution in [2.45, 2.75) is 48.0 Å². The molecule has 0 aliphatic heterocycles. The van der Waals surface area contributed by atoms with Crippen molar-refractivity contribution in [3.05, 3.63) is 28.6 Å². The summed E-state index contributed by atoms with van der Waals surface area (Å²) in [6.45, 7) is 12.2. The molecule has 1 aliphatic carbocycles. The number of aromatic nitrogens is 1. The molecule has 0 saturated heterocycles. The maximum atomic E-state index is 14.7. The first-order chi connectivity index (χ1) is 10.7. The molecule has 124 valence electrons. The maximum Gasteiger partial charge on any atom is 0.146 e. The van der Waals surface area contributed by atoms with Crippen LogP contribution in [-0.2, 0) is 4.79 Å². The lowest BCUT2D eigenvalue weighted by atomic mass is 9.71. The topological polar surface area (TPSA) is 39.2 Å². The largest absolute Gasteiger partial charge is 0.493 e. The van der Waals surface area contributed by atoms with E-state index < -0.39 is 5.83 Å². The quantitative estimate of drug-likeness (QED) is 0.759. The van der Waals surface area contributed by atoms with E-state index in [0.29, 0.717) is 29.2 Å². The minimum absolute atomic E-state index is 0.193. The summed E-state index contributed by atoms with van der Waals surface area (Å²) in [5, 5.41) is 0. The van der Waals surface area contributed by atoms with Crippen LogP contribution in [0.15, 0.2) is 6.08 Å². The van der Waals surface area contributed by atoms with E-state index in [1.807, 2.05) is 47.5 Å². The number of aryl methyl sites for hydroxylation is 1. The summed E-state index contributed by atoms with van der Waals surface area (Å²) in [6, 6.07) is 0. The summed E-state index contributed by atoms with van der Waals surface area (Å²) >= 11 is 0. The third-order valence-corrected chi connectivity index (χ3v) is 4.24. The summed E-state index contributed by atoms with van der Waals surface area (Å²) in [5.41, 5.74) is 2.33. The lowest BCUT2D eigenvalue weighted by molar-refractivity contribution is 0.310. The smallest absolute Gasteiger partial charge is 0.146 e. The highest BCUT2D eigenvalue weighted by atomic mass is 19.1. The average Bonchev–Trinajstić information content (AvgIpc) is 2.47. The summed E-state index contributed by atoms with van der Waals surface area (Å²) < 4.78 is 20.6. The summed E-state index contributed by atoms with van der Waals surface area (Å²) in [7, 11) is 0. The fourth-order valence-electron chi connectivity index (χ4n) is 2.84. The van der Waals surface area contributed by atoms with Gasteiger partial charge in [-0.2, -0.15) is 0 Å². The SMILES string of the molecule is CCCOc1c(C)c(C)nc2c1C(=C=O)C(C(C)(C)C)C=C2F. The molecular weight excluding hydrogens is 293 g/mol. The van der Waals surface area contributed by atoms with Crippen molar-refractivity contribution in [3.63, 3.8) is 0 Å². The number of hydrogen-bond acceptors (Lipinski definition) is 3. The maximum absolute atomic E-state index is 14.7. The molecule has 1 aliphatic rings. The number of nitrogens with zero attached hydrogens (tertiary/aromatic N) is 1. The Labute approximate surface area is 137 Å². The van der Waals surface area contributed by atoms with E-state index in [9.17, 15) is 9.18 Å². The molecule has 1 aromatic rings. The van der Waals surface area contributed by atoms with Gasteiger partial charge in [-0.25, -0.2) is 14.2 Å². The Hall–Kier alpha value is -1.93. The van der Waals surface area contributed by atoms with Crippen LogP contribution in [0.2, 0.25) is 0 Å². The monoisotopic (exact) mass is 317 g/mol. The molecule has 0 bridgehead atoms. The van der Waals surface area contributed by atoms with Crippen LogP contribution in [0.1, 0.15) is 56.6 Å². The van der Waals surface area contributed by atoms with Crippen molar-refractivity contribution >= 4 is 17.3 Å². The molecule has 0 radical (unpaired) electrons. The Morgan fingerprint density at radius 2 is 2.00 bits per heavy atom. The lowest BCUT2D eigenvalue weighted by Gasteiger charge is -2.33. The van der Waals surface area contributed by atoms with Crippen molar-refractivity contribution in [1.29, 1.82) is 0 Å². The Bertz CT molecular complexity index is 707. The van der Waals surface area contributed by atoms with Crippen molar-refractivity contribution in [2.24, 2.45) is 11.3 Å². The number of fused-ring (bicyclic) bond motifs is 1. The highest BCUT2D eigenvalue weighted by Gasteiger charge is 2.37. The van der Waals surface area contributed by atoms with Gasteiger partial charge in [-0.1, -0.05) is 27.7 Å². The molecule has 1 unspecified atom stereocenters. The van der Waals surface area contributed by atoms with E-state index in [2.05, 4.69) is 4.98 Å². The van der Waals surface area contributed by atoms with Gasteiger partial charge in [-0.3, -0.25) is 0 Å². The number of carbonyl (C=O) groups excluding carboxylic acids is 1. The second-order valence-corrected chi connectivity index (χ2v) is 7.10. The van der Waals surface area contributed by atoms with Gasteiger partial charge < -0.3 is 4.74 Å².